The Kier molecular flexibility index (Phi) is 4.05. The molecule has 0 fully saturated rings. The second kappa shape index (κ2) is 5.75. The molecule has 20 heavy (non-hydrogen) atoms. The average Bonchev–Trinajstić information content (AvgIpc) is 2.87. The van der Waals surface area contributed by atoms with Crippen LogP contribution in [0.1, 0.15) is 16.1 Å². The first-order valence-electron chi connectivity index (χ1n) is 6.03. The molecule has 106 valence electrons. The summed E-state index contributed by atoms with van der Waals surface area (Å²) < 4.78 is 10.4. The van der Waals surface area contributed by atoms with Crippen LogP contribution < -0.4 is 4.74 Å². The van der Waals surface area contributed by atoms with E-state index >= 15 is 0 Å². The second-order valence-corrected chi connectivity index (χ2v) is 4.65. The molecule has 0 spiro atoms. The molecule has 2 rings (SSSR count). The summed E-state index contributed by atoms with van der Waals surface area (Å²) in [6.07, 6.45) is 0. The average molecular weight is 276 g/mol. The fourth-order valence-electron chi connectivity index (χ4n) is 1.91. The van der Waals surface area contributed by atoms with Crippen molar-refractivity contribution in [2.75, 3.05) is 21.2 Å². The maximum absolute atomic E-state index is 10.8. The molecule has 0 aliphatic heterocycles. The predicted octanol–water partition coefficient (Wildman–Crippen LogP) is 2.11. The van der Waals surface area contributed by atoms with Crippen molar-refractivity contribution in [1.29, 1.82) is 0 Å². The number of aromatic nitrogens is 1. The Balaban J connectivity index is 2.38. The quantitative estimate of drug-likeness (QED) is 0.901. The summed E-state index contributed by atoms with van der Waals surface area (Å²) in [5.74, 6) is 0.0903. The van der Waals surface area contributed by atoms with Crippen molar-refractivity contribution in [1.82, 2.24) is 10.1 Å². The first-order valence-corrected chi connectivity index (χ1v) is 6.03. The van der Waals surface area contributed by atoms with Gasteiger partial charge in [-0.15, -0.1) is 0 Å². The summed E-state index contributed by atoms with van der Waals surface area (Å²) in [6, 6.07) is 6.95. The van der Waals surface area contributed by atoms with Crippen molar-refractivity contribution in [3.63, 3.8) is 0 Å². The van der Waals surface area contributed by atoms with E-state index in [0.717, 1.165) is 16.9 Å². The van der Waals surface area contributed by atoms with Crippen LogP contribution in [0.25, 0.3) is 11.3 Å². The number of ether oxygens (including phenoxy) is 1. The van der Waals surface area contributed by atoms with Crippen molar-refractivity contribution >= 4 is 5.97 Å². The van der Waals surface area contributed by atoms with E-state index in [1.165, 1.54) is 6.07 Å². The van der Waals surface area contributed by atoms with Gasteiger partial charge in [0.2, 0.25) is 0 Å². The van der Waals surface area contributed by atoms with E-state index in [0.29, 0.717) is 12.3 Å². The lowest BCUT2D eigenvalue weighted by Crippen LogP contribution is -2.11. The smallest absolute Gasteiger partial charge is 0.358 e. The number of carboxylic acids is 1. The Hall–Kier alpha value is -2.34. The predicted molar refractivity (Wildman–Crippen MR) is 72.8 cm³/mol. The minimum atomic E-state index is -1.11. The van der Waals surface area contributed by atoms with Gasteiger partial charge in [0, 0.05) is 23.7 Å². The molecule has 0 unspecified atom stereocenters. The van der Waals surface area contributed by atoms with Crippen molar-refractivity contribution in [3.05, 3.63) is 35.5 Å². The molecule has 0 aliphatic rings. The van der Waals surface area contributed by atoms with Gasteiger partial charge < -0.3 is 19.3 Å². The van der Waals surface area contributed by atoms with Crippen molar-refractivity contribution < 1.29 is 19.2 Å². The van der Waals surface area contributed by atoms with Crippen LogP contribution in [0, 0.1) is 0 Å². The fraction of sp³-hybridized carbons (Fsp3) is 0.286. The van der Waals surface area contributed by atoms with Crippen LogP contribution in [0.2, 0.25) is 0 Å². The van der Waals surface area contributed by atoms with E-state index in [9.17, 15) is 4.79 Å². The molecule has 0 atom stereocenters. The molecule has 0 aliphatic carbocycles. The zero-order valence-corrected chi connectivity index (χ0v) is 11.6. The molecular formula is C14H16N2O4. The third kappa shape index (κ3) is 2.97. The number of rotatable bonds is 5. The molecule has 0 bridgehead atoms. The Bertz CT molecular complexity index is 619. The normalized spacial score (nSPS) is 10.8. The Morgan fingerprint density at radius 3 is 2.70 bits per heavy atom. The molecule has 1 aromatic carbocycles. The van der Waals surface area contributed by atoms with Gasteiger partial charge in [-0.25, -0.2) is 4.79 Å². The molecule has 6 nitrogen and oxygen atoms in total. The lowest BCUT2D eigenvalue weighted by molar-refractivity contribution is 0.0686. The molecule has 2 aromatic rings. The minimum absolute atomic E-state index is 0.107. The number of methoxy groups -OCH3 is 1. The number of nitrogens with zero attached hydrogens (tertiary/aromatic N) is 2. The maximum atomic E-state index is 10.8. The number of hydrogen-bond acceptors (Lipinski definition) is 5. The number of aromatic carboxylic acids is 1. The minimum Gasteiger partial charge on any atom is -0.496 e. The Morgan fingerprint density at radius 2 is 2.15 bits per heavy atom. The highest BCUT2D eigenvalue weighted by atomic mass is 16.5. The first kappa shape index (κ1) is 14.1. The Morgan fingerprint density at radius 1 is 1.40 bits per heavy atom. The summed E-state index contributed by atoms with van der Waals surface area (Å²) in [5.41, 5.74) is 1.65. The van der Waals surface area contributed by atoms with E-state index in [4.69, 9.17) is 14.4 Å². The van der Waals surface area contributed by atoms with Gasteiger partial charge in [-0.2, -0.15) is 0 Å². The van der Waals surface area contributed by atoms with E-state index in [2.05, 4.69) is 5.16 Å². The Labute approximate surface area is 116 Å². The van der Waals surface area contributed by atoms with Crippen LogP contribution in [0.15, 0.2) is 28.8 Å². The third-order valence-electron chi connectivity index (χ3n) is 2.78. The van der Waals surface area contributed by atoms with E-state index in [1.54, 1.807) is 7.11 Å². The molecule has 0 radical (unpaired) electrons. The van der Waals surface area contributed by atoms with Gasteiger partial charge in [0.1, 0.15) is 5.75 Å². The molecule has 6 heteroatoms. The van der Waals surface area contributed by atoms with Gasteiger partial charge in [0.25, 0.3) is 0 Å². The van der Waals surface area contributed by atoms with Gasteiger partial charge in [-0.3, -0.25) is 0 Å². The van der Waals surface area contributed by atoms with Crippen LogP contribution in [0.4, 0.5) is 0 Å². The van der Waals surface area contributed by atoms with E-state index < -0.39 is 5.97 Å². The van der Waals surface area contributed by atoms with Crippen LogP contribution in [0.3, 0.4) is 0 Å². The lowest BCUT2D eigenvalue weighted by Gasteiger charge is -2.14. The van der Waals surface area contributed by atoms with Gasteiger partial charge >= 0.3 is 5.97 Å². The first-order chi connectivity index (χ1) is 9.51. The molecule has 0 saturated heterocycles. The summed E-state index contributed by atoms with van der Waals surface area (Å²) in [6.45, 7) is 0.705. The molecule has 1 aromatic heterocycles. The van der Waals surface area contributed by atoms with Crippen molar-refractivity contribution in [3.8, 4) is 17.1 Å². The van der Waals surface area contributed by atoms with Crippen molar-refractivity contribution in [2.24, 2.45) is 0 Å². The highest BCUT2D eigenvalue weighted by Crippen LogP contribution is 2.27. The zero-order chi connectivity index (χ0) is 14.7. The summed E-state index contributed by atoms with van der Waals surface area (Å²) in [7, 11) is 5.54. The second-order valence-electron chi connectivity index (χ2n) is 4.65. The summed E-state index contributed by atoms with van der Waals surface area (Å²) in [4.78, 5) is 12.8. The van der Waals surface area contributed by atoms with Crippen LogP contribution in [-0.2, 0) is 6.54 Å². The van der Waals surface area contributed by atoms with Gasteiger partial charge in [0.05, 0.1) is 7.11 Å². The number of hydrogen-bond donors (Lipinski definition) is 1. The van der Waals surface area contributed by atoms with Crippen LogP contribution in [-0.4, -0.2) is 42.3 Å². The number of benzene rings is 1. The molecular weight excluding hydrogens is 260 g/mol. The van der Waals surface area contributed by atoms with Crippen LogP contribution in [0.5, 0.6) is 5.75 Å². The van der Waals surface area contributed by atoms with E-state index in [-0.39, 0.29) is 5.69 Å². The topological polar surface area (TPSA) is 75.8 Å². The number of carboxylic acid groups (broad SMARTS) is 1. The number of carbonyl (C=O) groups is 1. The molecule has 0 amide bonds. The monoisotopic (exact) mass is 276 g/mol. The lowest BCUT2D eigenvalue weighted by atomic mass is 10.1. The third-order valence-corrected chi connectivity index (χ3v) is 2.78. The SMILES string of the molecule is COc1ccc(-c2cc(C(=O)O)no2)cc1CN(C)C. The van der Waals surface area contributed by atoms with Gasteiger partial charge in [0.15, 0.2) is 11.5 Å². The van der Waals surface area contributed by atoms with Gasteiger partial charge in [-0.05, 0) is 32.3 Å². The zero-order valence-electron chi connectivity index (χ0n) is 11.6. The van der Waals surface area contributed by atoms with Crippen molar-refractivity contribution in [2.45, 2.75) is 6.54 Å². The highest BCUT2D eigenvalue weighted by molar-refractivity contribution is 5.86. The standard InChI is InChI=1S/C14H16N2O4/c1-16(2)8-10-6-9(4-5-12(10)19-3)13-7-11(14(17)18)15-20-13/h4-7H,8H2,1-3H3,(H,17,18). The maximum Gasteiger partial charge on any atom is 0.358 e. The molecule has 0 saturated carbocycles. The van der Waals surface area contributed by atoms with E-state index in [1.807, 2.05) is 37.2 Å². The summed E-state index contributed by atoms with van der Waals surface area (Å²) in [5, 5.41) is 12.4. The highest BCUT2D eigenvalue weighted by Gasteiger charge is 2.14. The molecule has 1 heterocycles. The summed E-state index contributed by atoms with van der Waals surface area (Å²) >= 11 is 0. The largest absolute Gasteiger partial charge is 0.496 e. The molecule has 1 N–H and O–H groups in total. The van der Waals surface area contributed by atoms with Gasteiger partial charge in [-0.1, -0.05) is 5.16 Å². The van der Waals surface area contributed by atoms with Crippen LogP contribution >= 0.6 is 0 Å². The fourth-order valence-corrected chi connectivity index (χ4v) is 1.91.